The van der Waals surface area contributed by atoms with Gasteiger partial charge in [0.25, 0.3) is 5.69 Å². The summed E-state index contributed by atoms with van der Waals surface area (Å²) in [6, 6.07) is 1.04. The fraction of sp³-hybridized carbons (Fsp3) is 0.300. The van der Waals surface area contributed by atoms with E-state index in [-0.39, 0.29) is 6.42 Å². The Hall–Kier alpha value is -2.05. The third kappa shape index (κ3) is 3.20. The Balaban J connectivity index is 3.12. The molecule has 0 aliphatic heterocycles. The van der Waals surface area contributed by atoms with E-state index in [1.165, 1.54) is 0 Å². The number of nitrogens with one attached hydrogen (secondary N) is 1. The lowest BCUT2D eigenvalue weighted by molar-refractivity contribution is -0.384. The van der Waals surface area contributed by atoms with Crippen LogP contribution in [-0.4, -0.2) is 10.8 Å². The topological polar surface area (TPSA) is 72.2 Å². The van der Waals surface area contributed by atoms with Crippen molar-refractivity contribution in [2.24, 2.45) is 0 Å². The van der Waals surface area contributed by atoms with Crippen LogP contribution in [0.4, 0.5) is 20.2 Å². The average molecular weight is 244 g/mol. The summed E-state index contributed by atoms with van der Waals surface area (Å²) in [6.07, 6.45) is 0.621. The lowest BCUT2D eigenvalue weighted by atomic mass is 10.2. The van der Waals surface area contributed by atoms with Crippen LogP contribution < -0.4 is 5.32 Å². The predicted molar refractivity (Wildman–Crippen MR) is 56.6 cm³/mol. The molecule has 0 unspecified atom stereocenters. The first kappa shape index (κ1) is 13.0. The molecule has 0 fully saturated rings. The van der Waals surface area contributed by atoms with Gasteiger partial charge in [0.05, 0.1) is 11.0 Å². The van der Waals surface area contributed by atoms with E-state index in [1.807, 2.05) is 0 Å². The molecular weight excluding hydrogens is 234 g/mol. The summed E-state index contributed by atoms with van der Waals surface area (Å²) in [5.41, 5.74) is -1.40. The SMILES string of the molecule is CCCC(=O)Nc1c(F)cc(F)cc1[N+](=O)[O-]. The first-order valence-electron chi connectivity index (χ1n) is 4.89. The molecule has 1 amide bonds. The van der Waals surface area contributed by atoms with Gasteiger partial charge >= 0.3 is 0 Å². The van der Waals surface area contributed by atoms with Gasteiger partial charge in [0.2, 0.25) is 5.91 Å². The molecule has 7 heteroatoms. The number of carbonyl (C=O) groups excluding carboxylic acids is 1. The van der Waals surface area contributed by atoms with Crippen molar-refractivity contribution in [2.45, 2.75) is 19.8 Å². The van der Waals surface area contributed by atoms with Crippen LogP contribution >= 0.6 is 0 Å². The van der Waals surface area contributed by atoms with Crippen molar-refractivity contribution >= 4 is 17.3 Å². The zero-order chi connectivity index (χ0) is 13.0. The molecule has 0 spiro atoms. The maximum atomic E-state index is 13.3. The number of benzene rings is 1. The molecule has 1 aromatic rings. The predicted octanol–water partition coefficient (Wildman–Crippen LogP) is 2.61. The van der Waals surface area contributed by atoms with Crippen molar-refractivity contribution in [1.29, 1.82) is 0 Å². The molecule has 0 atom stereocenters. The summed E-state index contributed by atoms with van der Waals surface area (Å²) in [5.74, 6) is -2.79. The zero-order valence-electron chi connectivity index (χ0n) is 9.00. The van der Waals surface area contributed by atoms with Gasteiger partial charge < -0.3 is 5.32 Å². The molecule has 0 aromatic heterocycles. The molecule has 0 heterocycles. The van der Waals surface area contributed by atoms with Crippen LogP contribution in [0.2, 0.25) is 0 Å². The third-order valence-corrected chi connectivity index (χ3v) is 1.97. The van der Waals surface area contributed by atoms with Crippen molar-refractivity contribution in [3.8, 4) is 0 Å². The van der Waals surface area contributed by atoms with Gasteiger partial charge in [-0.2, -0.15) is 0 Å². The number of nitro groups is 1. The van der Waals surface area contributed by atoms with E-state index in [4.69, 9.17) is 0 Å². The largest absolute Gasteiger partial charge is 0.318 e. The zero-order valence-corrected chi connectivity index (χ0v) is 9.00. The summed E-state index contributed by atoms with van der Waals surface area (Å²) in [4.78, 5) is 20.9. The number of rotatable bonds is 4. The van der Waals surface area contributed by atoms with Crippen molar-refractivity contribution in [1.82, 2.24) is 0 Å². The Labute approximate surface area is 95.6 Å². The number of nitro benzene ring substituents is 1. The number of hydrogen-bond acceptors (Lipinski definition) is 3. The molecule has 1 rings (SSSR count). The smallest absolute Gasteiger partial charge is 0.298 e. The second-order valence-corrected chi connectivity index (χ2v) is 3.34. The Kier molecular flexibility index (Phi) is 4.08. The van der Waals surface area contributed by atoms with Gasteiger partial charge in [-0.1, -0.05) is 6.92 Å². The van der Waals surface area contributed by atoms with Crippen molar-refractivity contribution in [3.63, 3.8) is 0 Å². The minimum absolute atomic E-state index is 0.105. The second kappa shape index (κ2) is 5.33. The van der Waals surface area contributed by atoms with Crippen LogP contribution in [0.15, 0.2) is 12.1 Å². The minimum Gasteiger partial charge on any atom is -0.318 e. The summed E-state index contributed by atoms with van der Waals surface area (Å²) >= 11 is 0. The molecule has 5 nitrogen and oxygen atoms in total. The Morgan fingerprint density at radius 3 is 2.65 bits per heavy atom. The van der Waals surface area contributed by atoms with E-state index < -0.39 is 33.8 Å². The number of hydrogen-bond donors (Lipinski definition) is 1. The molecule has 17 heavy (non-hydrogen) atoms. The minimum atomic E-state index is -1.17. The van der Waals surface area contributed by atoms with Crippen LogP contribution in [0.1, 0.15) is 19.8 Å². The molecule has 92 valence electrons. The normalized spacial score (nSPS) is 10.1. The van der Waals surface area contributed by atoms with E-state index >= 15 is 0 Å². The molecule has 1 N–H and O–H groups in total. The monoisotopic (exact) mass is 244 g/mol. The van der Waals surface area contributed by atoms with E-state index in [9.17, 15) is 23.7 Å². The highest BCUT2D eigenvalue weighted by Crippen LogP contribution is 2.28. The summed E-state index contributed by atoms with van der Waals surface area (Å²) in [6.45, 7) is 1.73. The fourth-order valence-corrected chi connectivity index (χ4v) is 1.26. The molecule has 1 aromatic carbocycles. The maximum absolute atomic E-state index is 13.3. The van der Waals surface area contributed by atoms with E-state index in [0.29, 0.717) is 18.6 Å². The van der Waals surface area contributed by atoms with Gasteiger partial charge in [-0.3, -0.25) is 14.9 Å². The number of halogens is 2. The van der Waals surface area contributed by atoms with Crippen LogP contribution in [0, 0.1) is 21.7 Å². The molecule has 0 saturated carbocycles. The summed E-state index contributed by atoms with van der Waals surface area (Å²) in [7, 11) is 0. The Morgan fingerprint density at radius 2 is 2.12 bits per heavy atom. The van der Waals surface area contributed by atoms with Gasteiger partial charge in [-0.05, 0) is 6.42 Å². The standard InChI is InChI=1S/C10H10F2N2O3/c1-2-3-9(15)13-10-7(12)4-6(11)5-8(10)14(16)17/h4-5H,2-3H2,1H3,(H,13,15). The van der Waals surface area contributed by atoms with Gasteiger partial charge in [0.15, 0.2) is 11.5 Å². The van der Waals surface area contributed by atoms with Crippen LogP contribution in [0.25, 0.3) is 0 Å². The highest BCUT2D eigenvalue weighted by molar-refractivity contribution is 5.93. The molecule has 0 aliphatic rings. The van der Waals surface area contributed by atoms with Crippen LogP contribution in [0.5, 0.6) is 0 Å². The molecule has 0 bridgehead atoms. The van der Waals surface area contributed by atoms with Gasteiger partial charge in [-0.15, -0.1) is 0 Å². The number of carbonyl (C=O) groups is 1. The third-order valence-electron chi connectivity index (χ3n) is 1.97. The lowest BCUT2D eigenvalue weighted by Gasteiger charge is -2.06. The summed E-state index contributed by atoms with van der Waals surface area (Å²) < 4.78 is 26.1. The van der Waals surface area contributed by atoms with E-state index in [1.54, 1.807) is 6.92 Å². The van der Waals surface area contributed by atoms with Crippen molar-refractivity contribution in [3.05, 3.63) is 33.9 Å². The van der Waals surface area contributed by atoms with Crippen LogP contribution in [0.3, 0.4) is 0 Å². The first-order chi connectivity index (χ1) is 7.95. The molecular formula is C10H10F2N2O3. The van der Waals surface area contributed by atoms with Crippen molar-refractivity contribution < 1.29 is 18.5 Å². The fourth-order valence-electron chi connectivity index (χ4n) is 1.26. The molecule has 0 radical (unpaired) electrons. The number of amides is 1. The average Bonchev–Trinajstić information content (AvgIpc) is 2.21. The highest BCUT2D eigenvalue weighted by Gasteiger charge is 2.21. The van der Waals surface area contributed by atoms with Crippen LogP contribution in [-0.2, 0) is 4.79 Å². The molecule has 0 saturated heterocycles. The van der Waals surface area contributed by atoms with Gasteiger partial charge in [0, 0.05) is 12.5 Å². The number of anilines is 1. The van der Waals surface area contributed by atoms with Gasteiger partial charge in [-0.25, -0.2) is 8.78 Å². The van der Waals surface area contributed by atoms with Gasteiger partial charge in [0.1, 0.15) is 5.82 Å². The Morgan fingerprint density at radius 1 is 1.47 bits per heavy atom. The Bertz CT molecular complexity index is 463. The second-order valence-electron chi connectivity index (χ2n) is 3.34. The quantitative estimate of drug-likeness (QED) is 0.653. The van der Waals surface area contributed by atoms with E-state index in [2.05, 4.69) is 5.32 Å². The number of nitrogens with zero attached hydrogens (tertiary/aromatic N) is 1. The van der Waals surface area contributed by atoms with E-state index in [0.717, 1.165) is 0 Å². The summed E-state index contributed by atoms with van der Waals surface area (Å²) in [5, 5.41) is 12.7. The molecule has 0 aliphatic carbocycles. The maximum Gasteiger partial charge on any atom is 0.298 e. The van der Waals surface area contributed by atoms with Crippen molar-refractivity contribution in [2.75, 3.05) is 5.32 Å². The first-order valence-corrected chi connectivity index (χ1v) is 4.89. The highest BCUT2D eigenvalue weighted by atomic mass is 19.1. The lowest BCUT2D eigenvalue weighted by Crippen LogP contribution is -2.13.